The molecule has 4 atom stereocenters. The predicted octanol–water partition coefficient (Wildman–Crippen LogP) is 4.68. The van der Waals surface area contributed by atoms with Gasteiger partial charge in [-0.15, -0.1) is 0 Å². The third-order valence-electron chi connectivity index (χ3n) is 7.03. The number of benzene rings is 2. The normalized spacial score (nSPS) is 21.2. The van der Waals surface area contributed by atoms with E-state index in [1.807, 2.05) is 12.1 Å². The Bertz CT molecular complexity index is 1260. The number of urea groups is 1. The van der Waals surface area contributed by atoms with Crippen molar-refractivity contribution in [1.82, 2.24) is 15.1 Å². The molecule has 216 valence electrons. The lowest BCUT2D eigenvalue weighted by Gasteiger charge is -2.38. The summed E-state index contributed by atoms with van der Waals surface area (Å²) in [4.78, 5) is 28.4. The molecule has 2 heterocycles. The van der Waals surface area contributed by atoms with Gasteiger partial charge in [0.2, 0.25) is 0 Å². The average molecular weight is 582 g/mol. The lowest BCUT2D eigenvalue weighted by molar-refractivity contribution is -0.145. The number of nitrogens with zero attached hydrogens (tertiary/aromatic N) is 2. The number of carbonyl (C=O) groups excluding carboxylic acids is 2. The molecule has 1 fully saturated rings. The van der Waals surface area contributed by atoms with Crippen molar-refractivity contribution in [3.8, 4) is 5.75 Å². The quantitative estimate of drug-likeness (QED) is 0.197. The standard InChI is InChI=1S/C27H31ClF3N5O4/c1-15(32)35(13-17-3-6-19(28)7-4-17)25(33)23-12-20(40-16(2)37)14-36(23)26(38)34-22-9-10-39-24-11-18(27(29,30)31)5-8-21(22)24/h3-8,11,20,22-23,25,32H,9-10,12-14,33H2,1-2H3,(H,34,38)/t20?,22?,23-,25?/m1/s1. The minimum absolute atomic E-state index is 0.0624. The lowest BCUT2D eigenvalue weighted by atomic mass is 9.98. The average Bonchev–Trinajstić information content (AvgIpc) is 3.30. The zero-order valence-corrected chi connectivity index (χ0v) is 22.8. The number of hydrogen-bond donors (Lipinski definition) is 3. The van der Waals surface area contributed by atoms with Gasteiger partial charge in [-0.1, -0.05) is 29.8 Å². The van der Waals surface area contributed by atoms with Crippen molar-refractivity contribution in [2.45, 2.75) is 63.8 Å². The zero-order valence-electron chi connectivity index (χ0n) is 22.0. The molecular weight excluding hydrogens is 551 g/mol. The molecule has 13 heteroatoms. The first-order chi connectivity index (χ1) is 18.8. The molecule has 0 radical (unpaired) electrons. The second-order valence-electron chi connectivity index (χ2n) is 9.91. The number of halogens is 4. The highest BCUT2D eigenvalue weighted by Crippen LogP contribution is 2.38. The van der Waals surface area contributed by atoms with E-state index in [1.165, 1.54) is 17.9 Å². The van der Waals surface area contributed by atoms with E-state index < -0.39 is 48.1 Å². The van der Waals surface area contributed by atoms with E-state index in [9.17, 15) is 22.8 Å². The fraction of sp³-hybridized carbons (Fsp3) is 0.444. The minimum Gasteiger partial charge on any atom is -0.493 e. The van der Waals surface area contributed by atoms with Gasteiger partial charge in [0.05, 0.1) is 42.8 Å². The molecule has 4 N–H and O–H groups in total. The van der Waals surface area contributed by atoms with E-state index in [0.717, 1.165) is 17.7 Å². The number of rotatable bonds is 6. The van der Waals surface area contributed by atoms with Crippen molar-refractivity contribution in [2.24, 2.45) is 5.73 Å². The Kier molecular flexibility index (Phi) is 8.79. The molecule has 9 nitrogen and oxygen atoms in total. The van der Waals surface area contributed by atoms with Crippen LogP contribution in [-0.2, 0) is 22.3 Å². The third-order valence-corrected chi connectivity index (χ3v) is 7.28. The number of nitrogens with one attached hydrogen (secondary N) is 2. The fourth-order valence-corrected chi connectivity index (χ4v) is 5.22. The van der Waals surface area contributed by atoms with E-state index in [1.54, 1.807) is 24.0 Å². The Balaban J connectivity index is 1.55. The van der Waals surface area contributed by atoms with Crippen molar-refractivity contribution in [2.75, 3.05) is 13.2 Å². The maximum absolute atomic E-state index is 13.6. The van der Waals surface area contributed by atoms with Crippen LogP contribution in [0.25, 0.3) is 0 Å². The van der Waals surface area contributed by atoms with Crippen LogP contribution in [0.2, 0.25) is 5.02 Å². The molecule has 0 bridgehead atoms. The first kappa shape index (κ1) is 29.5. The number of fused-ring (bicyclic) bond motifs is 1. The van der Waals surface area contributed by atoms with E-state index in [0.29, 0.717) is 17.0 Å². The van der Waals surface area contributed by atoms with Crippen LogP contribution < -0.4 is 15.8 Å². The van der Waals surface area contributed by atoms with Crippen molar-refractivity contribution in [3.05, 3.63) is 64.2 Å². The van der Waals surface area contributed by atoms with Crippen molar-refractivity contribution >= 4 is 29.4 Å². The molecule has 4 rings (SSSR count). The number of amidine groups is 1. The van der Waals surface area contributed by atoms with Gasteiger partial charge in [-0.05, 0) is 36.8 Å². The molecule has 1 saturated heterocycles. The van der Waals surface area contributed by atoms with Gasteiger partial charge in [-0.25, -0.2) is 4.79 Å². The molecule has 0 spiro atoms. The second-order valence-corrected chi connectivity index (χ2v) is 10.3. The largest absolute Gasteiger partial charge is 0.493 e. The lowest BCUT2D eigenvalue weighted by Crippen LogP contribution is -2.58. The van der Waals surface area contributed by atoms with Gasteiger partial charge in [0.25, 0.3) is 0 Å². The Morgan fingerprint density at radius 2 is 1.95 bits per heavy atom. The van der Waals surface area contributed by atoms with E-state index in [4.69, 9.17) is 32.2 Å². The third kappa shape index (κ3) is 6.79. The van der Waals surface area contributed by atoms with Gasteiger partial charge in [0.1, 0.15) is 11.9 Å². The molecule has 2 aromatic rings. The van der Waals surface area contributed by atoms with E-state index in [2.05, 4.69) is 5.32 Å². The molecule has 40 heavy (non-hydrogen) atoms. The molecule has 2 aromatic carbocycles. The number of likely N-dealkylation sites (tertiary alicyclic amines) is 1. The summed E-state index contributed by atoms with van der Waals surface area (Å²) in [5.74, 6) is -0.260. The SMILES string of the molecule is CC(=N)N(Cc1ccc(Cl)cc1)C(N)[C@H]1CC(OC(C)=O)CN1C(=O)NC1CCOc2cc(C(F)(F)F)ccc21. The molecular formula is C27H31ClF3N5O4. The second kappa shape index (κ2) is 11.9. The van der Waals surface area contributed by atoms with Crippen LogP contribution in [0.5, 0.6) is 5.75 Å². The van der Waals surface area contributed by atoms with Gasteiger partial charge in [-0.2, -0.15) is 13.2 Å². The Morgan fingerprint density at radius 1 is 1.25 bits per heavy atom. The molecule has 2 aliphatic rings. The summed E-state index contributed by atoms with van der Waals surface area (Å²) in [6, 6.07) is 8.55. The molecule has 0 saturated carbocycles. The van der Waals surface area contributed by atoms with Crippen LogP contribution in [0.3, 0.4) is 0 Å². The fourth-order valence-electron chi connectivity index (χ4n) is 5.09. The van der Waals surface area contributed by atoms with Crippen molar-refractivity contribution in [1.29, 1.82) is 5.41 Å². The van der Waals surface area contributed by atoms with Crippen molar-refractivity contribution < 1.29 is 32.2 Å². The first-order valence-electron chi connectivity index (χ1n) is 12.7. The van der Waals surface area contributed by atoms with E-state index in [-0.39, 0.29) is 37.7 Å². The zero-order chi connectivity index (χ0) is 29.2. The Labute approximate surface area is 234 Å². The highest BCUT2D eigenvalue weighted by molar-refractivity contribution is 6.30. The molecule has 0 aliphatic carbocycles. The number of nitrogens with two attached hydrogens (primary N) is 1. The van der Waals surface area contributed by atoms with E-state index >= 15 is 0 Å². The number of alkyl halides is 3. The first-order valence-corrected chi connectivity index (χ1v) is 13.1. The molecule has 2 aliphatic heterocycles. The van der Waals surface area contributed by atoms with Crippen LogP contribution >= 0.6 is 11.6 Å². The van der Waals surface area contributed by atoms with Crippen LogP contribution in [0.4, 0.5) is 18.0 Å². The number of carbonyl (C=O) groups is 2. The van der Waals surface area contributed by atoms with Gasteiger partial charge in [0, 0.05) is 36.9 Å². The summed E-state index contributed by atoms with van der Waals surface area (Å²) < 4.78 is 50.4. The number of amides is 2. The summed E-state index contributed by atoms with van der Waals surface area (Å²) >= 11 is 6.00. The summed E-state index contributed by atoms with van der Waals surface area (Å²) in [6.45, 7) is 3.35. The number of hydrogen-bond acceptors (Lipinski definition) is 6. The van der Waals surface area contributed by atoms with Gasteiger partial charge in [-0.3, -0.25) is 10.2 Å². The van der Waals surface area contributed by atoms with Crippen LogP contribution in [0.15, 0.2) is 42.5 Å². The van der Waals surface area contributed by atoms with Gasteiger partial charge < -0.3 is 30.3 Å². The molecule has 2 amide bonds. The van der Waals surface area contributed by atoms with Crippen LogP contribution in [0.1, 0.15) is 49.4 Å². The summed E-state index contributed by atoms with van der Waals surface area (Å²) in [7, 11) is 0. The highest BCUT2D eigenvalue weighted by atomic mass is 35.5. The Morgan fingerprint density at radius 3 is 2.58 bits per heavy atom. The number of esters is 1. The summed E-state index contributed by atoms with van der Waals surface area (Å²) in [5.41, 5.74) is 7.11. The Hall–Kier alpha value is -3.51. The van der Waals surface area contributed by atoms with Gasteiger partial charge in [0.15, 0.2) is 0 Å². The smallest absolute Gasteiger partial charge is 0.416 e. The summed E-state index contributed by atoms with van der Waals surface area (Å²) in [6.07, 6.45) is -5.36. The predicted molar refractivity (Wildman–Crippen MR) is 142 cm³/mol. The molecule has 0 aromatic heterocycles. The highest BCUT2D eigenvalue weighted by Gasteiger charge is 2.43. The van der Waals surface area contributed by atoms with Crippen LogP contribution in [-0.4, -0.2) is 59.1 Å². The van der Waals surface area contributed by atoms with Gasteiger partial charge >= 0.3 is 18.2 Å². The monoisotopic (exact) mass is 581 g/mol. The molecule has 3 unspecified atom stereocenters. The van der Waals surface area contributed by atoms with Crippen molar-refractivity contribution in [3.63, 3.8) is 0 Å². The maximum Gasteiger partial charge on any atom is 0.416 e. The minimum atomic E-state index is -4.52. The summed E-state index contributed by atoms with van der Waals surface area (Å²) in [5, 5.41) is 11.8. The van der Waals surface area contributed by atoms with Crippen LogP contribution in [0, 0.1) is 5.41 Å². The number of ether oxygens (including phenoxy) is 2. The maximum atomic E-state index is 13.6. The topological polar surface area (TPSA) is 121 Å².